The first-order valence-corrected chi connectivity index (χ1v) is 8.74. The number of piperidine rings is 1. The molecule has 1 aliphatic heterocycles. The molecule has 1 aliphatic rings. The molecule has 8 heteroatoms. The van der Waals surface area contributed by atoms with Crippen LogP contribution in [-0.4, -0.2) is 50.0 Å². The second-order valence-corrected chi connectivity index (χ2v) is 6.30. The normalized spacial score (nSPS) is 14.9. The zero-order chi connectivity index (χ0) is 18.6. The second kappa shape index (κ2) is 7.53. The standard InChI is InChI=1S/C19H18FN5O2/c20-15-4-1-3-14(13-15)19(26)24-11-7-16(8-12-24)27-18-6-5-17(22-23-18)25-10-2-9-21-25/h1-6,9-10,13,16H,7-8,11-12H2. The first-order chi connectivity index (χ1) is 13.2. The predicted molar refractivity (Wildman–Crippen MR) is 95.1 cm³/mol. The summed E-state index contributed by atoms with van der Waals surface area (Å²) in [5.74, 6) is 0.496. The van der Waals surface area contributed by atoms with E-state index in [2.05, 4.69) is 15.3 Å². The Balaban J connectivity index is 1.32. The van der Waals surface area contributed by atoms with Gasteiger partial charge < -0.3 is 9.64 Å². The molecule has 7 nitrogen and oxygen atoms in total. The average Bonchev–Trinajstić information content (AvgIpc) is 3.23. The van der Waals surface area contributed by atoms with Crippen molar-refractivity contribution in [2.45, 2.75) is 18.9 Å². The predicted octanol–water partition coefficient (Wildman–Crippen LogP) is 2.49. The molecule has 3 heterocycles. The van der Waals surface area contributed by atoms with E-state index < -0.39 is 5.82 Å². The topological polar surface area (TPSA) is 73.1 Å². The van der Waals surface area contributed by atoms with E-state index in [1.54, 1.807) is 46.2 Å². The van der Waals surface area contributed by atoms with Crippen LogP contribution in [-0.2, 0) is 0 Å². The fourth-order valence-corrected chi connectivity index (χ4v) is 3.05. The van der Waals surface area contributed by atoms with Crippen LogP contribution >= 0.6 is 0 Å². The number of rotatable bonds is 4. The van der Waals surface area contributed by atoms with E-state index >= 15 is 0 Å². The van der Waals surface area contributed by atoms with E-state index in [1.165, 1.54) is 12.1 Å². The molecule has 1 amide bonds. The highest BCUT2D eigenvalue weighted by atomic mass is 19.1. The monoisotopic (exact) mass is 367 g/mol. The van der Waals surface area contributed by atoms with Crippen LogP contribution in [0.25, 0.3) is 5.82 Å². The first-order valence-electron chi connectivity index (χ1n) is 8.74. The molecule has 138 valence electrons. The van der Waals surface area contributed by atoms with Gasteiger partial charge in [0, 0.05) is 50.0 Å². The van der Waals surface area contributed by atoms with E-state index in [1.807, 2.05) is 6.07 Å². The first kappa shape index (κ1) is 17.1. The van der Waals surface area contributed by atoms with Crippen molar-refractivity contribution >= 4 is 5.91 Å². The van der Waals surface area contributed by atoms with E-state index in [0.29, 0.717) is 43.2 Å². The number of ether oxygens (including phenoxy) is 1. The van der Waals surface area contributed by atoms with Gasteiger partial charge in [0.25, 0.3) is 5.91 Å². The molecule has 0 bridgehead atoms. The highest BCUT2D eigenvalue weighted by Crippen LogP contribution is 2.19. The lowest BCUT2D eigenvalue weighted by atomic mass is 10.1. The van der Waals surface area contributed by atoms with Gasteiger partial charge in [0.2, 0.25) is 5.88 Å². The van der Waals surface area contributed by atoms with Gasteiger partial charge in [0.05, 0.1) is 0 Å². The molecular weight excluding hydrogens is 349 g/mol. The lowest BCUT2D eigenvalue weighted by Gasteiger charge is -2.31. The molecule has 1 aromatic carbocycles. The van der Waals surface area contributed by atoms with Gasteiger partial charge in [-0.25, -0.2) is 9.07 Å². The molecule has 0 atom stereocenters. The van der Waals surface area contributed by atoms with Crippen LogP contribution in [0.4, 0.5) is 4.39 Å². The van der Waals surface area contributed by atoms with Gasteiger partial charge in [-0.3, -0.25) is 4.79 Å². The van der Waals surface area contributed by atoms with Gasteiger partial charge in [-0.1, -0.05) is 6.07 Å². The fraction of sp³-hybridized carbons (Fsp3) is 0.263. The molecule has 0 aliphatic carbocycles. The van der Waals surface area contributed by atoms with Gasteiger partial charge in [0.15, 0.2) is 5.82 Å². The maximum absolute atomic E-state index is 13.3. The number of likely N-dealkylation sites (tertiary alicyclic amines) is 1. The molecule has 0 radical (unpaired) electrons. The largest absolute Gasteiger partial charge is 0.473 e. The van der Waals surface area contributed by atoms with Crippen molar-refractivity contribution in [3.63, 3.8) is 0 Å². The molecule has 4 rings (SSSR count). The van der Waals surface area contributed by atoms with Crippen molar-refractivity contribution in [1.82, 2.24) is 24.9 Å². The third kappa shape index (κ3) is 3.94. The summed E-state index contributed by atoms with van der Waals surface area (Å²) >= 11 is 0. The molecule has 0 unspecified atom stereocenters. The number of aromatic nitrogens is 4. The third-order valence-corrected chi connectivity index (χ3v) is 4.45. The molecule has 0 spiro atoms. The summed E-state index contributed by atoms with van der Waals surface area (Å²) in [6, 6.07) is 11.1. The fourth-order valence-electron chi connectivity index (χ4n) is 3.05. The summed E-state index contributed by atoms with van der Waals surface area (Å²) in [7, 11) is 0. The number of carbonyl (C=O) groups excluding carboxylic acids is 1. The summed E-state index contributed by atoms with van der Waals surface area (Å²) in [5.41, 5.74) is 0.370. The zero-order valence-electron chi connectivity index (χ0n) is 14.5. The number of carbonyl (C=O) groups is 1. The van der Waals surface area contributed by atoms with Crippen LogP contribution in [0.1, 0.15) is 23.2 Å². The summed E-state index contributed by atoms with van der Waals surface area (Å²) in [4.78, 5) is 14.2. The molecule has 27 heavy (non-hydrogen) atoms. The number of benzene rings is 1. The number of hydrogen-bond donors (Lipinski definition) is 0. The lowest BCUT2D eigenvalue weighted by Crippen LogP contribution is -2.41. The minimum Gasteiger partial charge on any atom is -0.473 e. The summed E-state index contributed by atoms with van der Waals surface area (Å²) in [6.45, 7) is 1.11. The number of amides is 1. The van der Waals surface area contributed by atoms with Crippen molar-refractivity contribution in [2.75, 3.05) is 13.1 Å². The highest BCUT2D eigenvalue weighted by Gasteiger charge is 2.25. The smallest absolute Gasteiger partial charge is 0.253 e. The lowest BCUT2D eigenvalue weighted by molar-refractivity contribution is 0.0585. The number of nitrogens with zero attached hydrogens (tertiary/aromatic N) is 5. The SMILES string of the molecule is O=C(c1cccc(F)c1)N1CCC(Oc2ccc(-n3cccn3)nn2)CC1. The molecule has 2 aromatic heterocycles. The Bertz CT molecular complexity index is 906. The van der Waals surface area contributed by atoms with Gasteiger partial charge in [-0.15, -0.1) is 10.2 Å². The summed E-state index contributed by atoms with van der Waals surface area (Å²) < 4.78 is 20.8. The quantitative estimate of drug-likeness (QED) is 0.708. The Hall–Kier alpha value is -3.29. The molecular formula is C19H18FN5O2. The third-order valence-electron chi connectivity index (χ3n) is 4.45. The molecule has 1 saturated heterocycles. The second-order valence-electron chi connectivity index (χ2n) is 6.30. The van der Waals surface area contributed by atoms with Crippen LogP contribution in [0, 0.1) is 5.82 Å². The summed E-state index contributed by atoms with van der Waals surface area (Å²) in [6.07, 6.45) is 4.79. The Kier molecular flexibility index (Phi) is 4.78. The Morgan fingerprint density at radius 2 is 1.96 bits per heavy atom. The maximum Gasteiger partial charge on any atom is 0.253 e. The van der Waals surface area contributed by atoms with E-state index in [-0.39, 0.29) is 12.0 Å². The van der Waals surface area contributed by atoms with Crippen LogP contribution in [0.2, 0.25) is 0 Å². The molecule has 3 aromatic rings. The van der Waals surface area contributed by atoms with Crippen molar-refractivity contribution in [3.05, 3.63) is 66.2 Å². The molecule has 1 fully saturated rings. The summed E-state index contributed by atoms with van der Waals surface area (Å²) in [5, 5.41) is 12.3. The van der Waals surface area contributed by atoms with Crippen molar-refractivity contribution in [1.29, 1.82) is 0 Å². The zero-order valence-corrected chi connectivity index (χ0v) is 14.5. The Labute approximate surface area is 155 Å². The van der Waals surface area contributed by atoms with Crippen molar-refractivity contribution in [3.8, 4) is 11.7 Å². The Morgan fingerprint density at radius 3 is 2.63 bits per heavy atom. The van der Waals surface area contributed by atoms with Gasteiger partial charge in [-0.2, -0.15) is 5.10 Å². The molecule has 0 saturated carbocycles. The van der Waals surface area contributed by atoms with E-state index in [9.17, 15) is 9.18 Å². The highest BCUT2D eigenvalue weighted by molar-refractivity contribution is 5.94. The van der Waals surface area contributed by atoms with Crippen molar-refractivity contribution in [2.24, 2.45) is 0 Å². The van der Waals surface area contributed by atoms with E-state index in [0.717, 1.165) is 0 Å². The molecule has 0 N–H and O–H groups in total. The van der Waals surface area contributed by atoms with Crippen LogP contribution in [0.5, 0.6) is 5.88 Å². The average molecular weight is 367 g/mol. The minimum atomic E-state index is -0.406. The number of halogens is 1. The van der Waals surface area contributed by atoms with Crippen molar-refractivity contribution < 1.29 is 13.9 Å². The van der Waals surface area contributed by atoms with Crippen LogP contribution in [0.15, 0.2) is 54.9 Å². The van der Waals surface area contributed by atoms with Crippen LogP contribution < -0.4 is 4.74 Å². The maximum atomic E-state index is 13.3. The number of hydrogen-bond acceptors (Lipinski definition) is 5. The van der Waals surface area contributed by atoms with Gasteiger partial charge in [-0.05, 0) is 30.3 Å². The Morgan fingerprint density at radius 1 is 1.11 bits per heavy atom. The van der Waals surface area contributed by atoms with Gasteiger partial charge in [0.1, 0.15) is 11.9 Å². The minimum absolute atomic E-state index is 0.0357. The van der Waals surface area contributed by atoms with Gasteiger partial charge >= 0.3 is 0 Å². The van der Waals surface area contributed by atoms with Crippen LogP contribution in [0.3, 0.4) is 0 Å². The van der Waals surface area contributed by atoms with E-state index in [4.69, 9.17) is 4.74 Å².